The van der Waals surface area contributed by atoms with Gasteiger partial charge in [0.2, 0.25) is 0 Å². The summed E-state index contributed by atoms with van der Waals surface area (Å²) in [4.78, 5) is 51.2. The number of amides is 3. The van der Waals surface area contributed by atoms with Crippen molar-refractivity contribution >= 4 is 39.2 Å². The van der Waals surface area contributed by atoms with Crippen LogP contribution in [0.2, 0.25) is 0 Å². The molecule has 178 valence electrons. The molecule has 1 N–H and O–H groups in total. The standard InChI is InChI=1S/C25H20N2O7S/c1-35(32,33)19-10-8-18(9-11-19)26-22(28)15-34-25(31)17-7-12-20-21(13-17)24(30)27(23(20)29)14-16-5-3-2-4-6-16/h2-13H,14-15H2,1H3,(H,26,28). The maximum absolute atomic E-state index is 12.8. The number of nitrogens with zero attached hydrogens (tertiary/aromatic N) is 1. The number of carbonyl (C=O) groups is 4. The summed E-state index contributed by atoms with van der Waals surface area (Å²) in [6.07, 6.45) is 1.07. The first-order valence-corrected chi connectivity index (χ1v) is 12.3. The summed E-state index contributed by atoms with van der Waals surface area (Å²) >= 11 is 0. The van der Waals surface area contributed by atoms with Gasteiger partial charge in [0.1, 0.15) is 0 Å². The van der Waals surface area contributed by atoms with Crippen LogP contribution in [-0.4, -0.2) is 49.9 Å². The molecule has 35 heavy (non-hydrogen) atoms. The zero-order valence-electron chi connectivity index (χ0n) is 18.6. The van der Waals surface area contributed by atoms with Crippen LogP contribution in [0.1, 0.15) is 36.6 Å². The predicted molar refractivity (Wildman–Crippen MR) is 126 cm³/mol. The lowest BCUT2D eigenvalue weighted by Crippen LogP contribution is -2.29. The lowest BCUT2D eigenvalue weighted by Gasteiger charge is -2.13. The minimum atomic E-state index is -3.36. The quantitative estimate of drug-likeness (QED) is 0.397. The maximum atomic E-state index is 12.8. The van der Waals surface area contributed by atoms with Gasteiger partial charge in [0.25, 0.3) is 17.7 Å². The first-order valence-electron chi connectivity index (χ1n) is 10.4. The third-order valence-electron chi connectivity index (χ3n) is 5.29. The van der Waals surface area contributed by atoms with Gasteiger partial charge >= 0.3 is 5.97 Å². The first kappa shape index (κ1) is 23.8. The number of imide groups is 1. The topological polar surface area (TPSA) is 127 Å². The van der Waals surface area contributed by atoms with E-state index in [0.29, 0.717) is 5.69 Å². The summed E-state index contributed by atoms with van der Waals surface area (Å²) < 4.78 is 28.0. The van der Waals surface area contributed by atoms with E-state index in [4.69, 9.17) is 4.74 Å². The summed E-state index contributed by atoms with van der Waals surface area (Å²) in [5.41, 5.74) is 1.43. The molecule has 0 saturated carbocycles. The van der Waals surface area contributed by atoms with E-state index in [-0.39, 0.29) is 28.1 Å². The van der Waals surface area contributed by atoms with Crippen LogP contribution in [0.15, 0.2) is 77.7 Å². The largest absolute Gasteiger partial charge is 0.452 e. The van der Waals surface area contributed by atoms with Crippen LogP contribution >= 0.6 is 0 Å². The summed E-state index contributed by atoms with van der Waals surface area (Å²) in [7, 11) is -3.36. The molecule has 0 aromatic heterocycles. The molecule has 3 aromatic carbocycles. The zero-order valence-corrected chi connectivity index (χ0v) is 19.4. The van der Waals surface area contributed by atoms with Gasteiger partial charge in [-0.25, -0.2) is 13.2 Å². The predicted octanol–water partition coefficient (Wildman–Crippen LogP) is 2.68. The van der Waals surface area contributed by atoms with Gasteiger partial charge in [0.05, 0.1) is 28.1 Å². The van der Waals surface area contributed by atoms with E-state index >= 15 is 0 Å². The molecule has 0 saturated heterocycles. The Bertz CT molecular complexity index is 1430. The van der Waals surface area contributed by atoms with Gasteiger partial charge < -0.3 is 10.1 Å². The Morgan fingerprint density at radius 3 is 2.20 bits per heavy atom. The van der Waals surface area contributed by atoms with Gasteiger partial charge in [-0.3, -0.25) is 19.3 Å². The van der Waals surface area contributed by atoms with E-state index in [1.165, 1.54) is 42.5 Å². The Hall–Kier alpha value is -4.31. The number of nitrogens with one attached hydrogen (secondary N) is 1. The second kappa shape index (κ2) is 9.51. The van der Waals surface area contributed by atoms with E-state index < -0.39 is 40.1 Å². The lowest BCUT2D eigenvalue weighted by atomic mass is 10.1. The molecule has 0 radical (unpaired) electrons. The number of fused-ring (bicyclic) bond motifs is 1. The number of rotatable bonds is 7. The van der Waals surface area contributed by atoms with Crippen LogP contribution in [0.25, 0.3) is 0 Å². The van der Waals surface area contributed by atoms with Gasteiger partial charge in [-0.1, -0.05) is 30.3 Å². The number of hydrogen-bond donors (Lipinski definition) is 1. The second-order valence-electron chi connectivity index (χ2n) is 7.86. The van der Waals surface area contributed by atoms with E-state index in [9.17, 15) is 27.6 Å². The lowest BCUT2D eigenvalue weighted by molar-refractivity contribution is -0.119. The highest BCUT2D eigenvalue weighted by Crippen LogP contribution is 2.26. The van der Waals surface area contributed by atoms with Crippen LogP contribution in [0.5, 0.6) is 0 Å². The van der Waals surface area contributed by atoms with Gasteiger partial charge in [-0.15, -0.1) is 0 Å². The molecule has 1 heterocycles. The van der Waals surface area contributed by atoms with Crippen molar-refractivity contribution in [3.05, 3.63) is 95.1 Å². The number of benzene rings is 3. The van der Waals surface area contributed by atoms with Crippen LogP contribution in [-0.2, 0) is 25.9 Å². The molecule has 10 heteroatoms. The van der Waals surface area contributed by atoms with Crippen LogP contribution in [0.3, 0.4) is 0 Å². The van der Waals surface area contributed by atoms with Crippen molar-refractivity contribution in [2.45, 2.75) is 11.4 Å². The Morgan fingerprint density at radius 2 is 1.54 bits per heavy atom. The van der Waals surface area contributed by atoms with Crippen molar-refractivity contribution in [2.75, 3.05) is 18.2 Å². The molecule has 3 amide bonds. The number of anilines is 1. The summed E-state index contributed by atoms with van der Waals surface area (Å²) in [6, 6.07) is 18.6. The summed E-state index contributed by atoms with van der Waals surface area (Å²) in [6.45, 7) is -0.491. The van der Waals surface area contributed by atoms with Crippen molar-refractivity contribution < 1.29 is 32.3 Å². The van der Waals surface area contributed by atoms with Gasteiger partial charge in [0.15, 0.2) is 16.4 Å². The normalized spacial score (nSPS) is 12.9. The zero-order chi connectivity index (χ0) is 25.2. The number of sulfone groups is 1. The monoisotopic (exact) mass is 492 g/mol. The van der Waals surface area contributed by atoms with Crippen LogP contribution in [0, 0.1) is 0 Å². The van der Waals surface area contributed by atoms with E-state index in [1.54, 1.807) is 12.1 Å². The molecule has 0 unspecified atom stereocenters. The fraction of sp³-hybridized carbons (Fsp3) is 0.120. The van der Waals surface area contributed by atoms with E-state index in [1.807, 2.05) is 18.2 Å². The van der Waals surface area contributed by atoms with Crippen LogP contribution in [0.4, 0.5) is 5.69 Å². The minimum Gasteiger partial charge on any atom is -0.452 e. The molecule has 1 aliphatic rings. The molecule has 3 aromatic rings. The van der Waals surface area contributed by atoms with Crippen molar-refractivity contribution in [2.24, 2.45) is 0 Å². The van der Waals surface area contributed by atoms with E-state index in [0.717, 1.165) is 16.7 Å². The molecule has 1 aliphatic heterocycles. The highest BCUT2D eigenvalue weighted by molar-refractivity contribution is 7.90. The number of ether oxygens (including phenoxy) is 1. The maximum Gasteiger partial charge on any atom is 0.338 e. The van der Waals surface area contributed by atoms with Gasteiger partial charge in [-0.05, 0) is 48.0 Å². The SMILES string of the molecule is CS(=O)(=O)c1ccc(NC(=O)COC(=O)c2ccc3c(c2)C(=O)N(Cc2ccccc2)C3=O)cc1. The third kappa shape index (κ3) is 5.28. The molecule has 0 aliphatic carbocycles. The average molecular weight is 493 g/mol. The van der Waals surface area contributed by atoms with Gasteiger partial charge in [0, 0.05) is 11.9 Å². The van der Waals surface area contributed by atoms with Crippen molar-refractivity contribution in [1.29, 1.82) is 0 Å². The second-order valence-corrected chi connectivity index (χ2v) is 9.88. The molecular weight excluding hydrogens is 472 g/mol. The first-order chi connectivity index (χ1) is 16.6. The van der Waals surface area contributed by atoms with Crippen molar-refractivity contribution in [3.8, 4) is 0 Å². The molecule has 0 spiro atoms. The summed E-state index contributed by atoms with van der Waals surface area (Å²) in [5.74, 6) is -2.43. The molecule has 9 nitrogen and oxygen atoms in total. The number of esters is 1. The Kier molecular flexibility index (Phi) is 6.48. The number of hydrogen-bond acceptors (Lipinski definition) is 7. The fourth-order valence-electron chi connectivity index (χ4n) is 3.52. The van der Waals surface area contributed by atoms with E-state index in [2.05, 4.69) is 5.32 Å². The van der Waals surface area contributed by atoms with Gasteiger partial charge in [-0.2, -0.15) is 0 Å². The molecular formula is C25H20N2O7S. The smallest absolute Gasteiger partial charge is 0.338 e. The Balaban J connectivity index is 1.38. The van der Waals surface area contributed by atoms with Crippen molar-refractivity contribution in [3.63, 3.8) is 0 Å². The summed E-state index contributed by atoms with van der Waals surface area (Å²) in [5, 5.41) is 2.49. The van der Waals surface area contributed by atoms with Crippen molar-refractivity contribution in [1.82, 2.24) is 4.90 Å². The highest BCUT2D eigenvalue weighted by atomic mass is 32.2. The highest BCUT2D eigenvalue weighted by Gasteiger charge is 2.36. The molecule has 0 fully saturated rings. The number of carbonyl (C=O) groups excluding carboxylic acids is 4. The molecule has 0 atom stereocenters. The fourth-order valence-corrected chi connectivity index (χ4v) is 4.15. The molecule has 4 rings (SSSR count). The molecule has 0 bridgehead atoms. The Labute approximate surface area is 201 Å². The minimum absolute atomic E-state index is 0.0248. The average Bonchev–Trinajstić information content (AvgIpc) is 3.07. The van der Waals surface area contributed by atoms with Crippen LogP contribution < -0.4 is 5.32 Å². The third-order valence-corrected chi connectivity index (χ3v) is 6.42. The Morgan fingerprint density at radius 1 is 0.886 bits per heavy atom.